The number of aromatic nitrogens is 15. The van der Waals surface area contributed by atoms with Crippen molar-refractivity contribution in [1.82, 2.24) is 74.0 Å². The molecule has 15 aromatic rings. The molecule has 0 saturated carbocycles. The number of H-pyrrole nitrogens is 3. The Balaban J connectivity index is 0.000000401. The van der Waals surface area contributed by atoms with E-state index in [9.17, 15) is 14.4 Å². The van der Waals surface area contributed by atoms with Crippen molar-refractivity contribution in [1.29, 1.82) is 0 Å². The third-order valence-corrected chi connectivity index (χ3v) is 22.5. The summed E-state index contributed by atoms with van der Waals surface area (Å²) in [6, 6.07) is 54.4. The molecule has 137 heavy (non-hydrogen) atoms. The van der Waals surface area contributed by atoms with Gasteiger partial charge in [0.1, 0.15) is 45.1 Å². The van der Waals surface area contributed by atoms with Crippen LogP contribution in [0.5, 0.6) is 5.75 Å². The molecule has 0 bridgehead atoms. The maximum atomic E-state index is 12.0. The fourth-order valence-electron chi connectivity index (χ4n) is 11.9. The minimum atomic E-state index is -1.48. The van der Waals surface area contributed by atoms with Crippen LogP contribution >= 0.6 is 105 Å². The number of aromatic amines is 3. The fourth-order valence-corrected chi connectivity index (χ4v) is 14.7. The number of nitrogens with two attached hydrogens (primary N) is 4. The van der Waals surface area contributed by atoms with E-state index in [1.54, 1.807) is 87.4 Å². The molecule has 1 unspecified atom stereocenters. The maximum absolute atomic E-state index is 12.0. The van der Waals surface area contributed by atoms with Crippen molar-refractivity contribution in [2.45, 2.75) is 192 Å². The second-order valence-electron chi connectivity index (χ2n) is 36.2. The average molecular weight is 2240 g/mol. The topological polar surface area (TPSA) is 411 Å². The van der Waals surface area contributed by atoms with Crippen LogP contribution in [0.25, 0.3) is 56.9 Å². The second-order valence-corrected chi connectivity index (χ2v) is 41.6. The standard InChI is InChI=1S/C18H21N3O.C15H19N3O.C14H16ClN3.C14H17N3O.C11H11BrN2.C9H14BNO2.C6H4BrI.C5H4BrClN2.C5H8N2.C4H7ClO.CH4O.Na.H/c1-11-12(2)21-16(9-14(22)10-17(21)20-11)15-8-13(6-7-19-15)18(3,4)5;1-15(2,3)10-5-6-17-12(7-10)13-8-11(19-4)9-14(16)18-13;1-14(2,3)9-4-5-17-11(6-9)12-7-10(15)8-13(16)18-12;1-14(2,3)9-4-5-16-11(6-9)12-7-10(18)8-13(15)17-12;1-8-9(2)14(7-13-8)11-5-3-4-10(12)6-11;1-9(2,3)7-4-5-11-8(6-7)10(12)13;7-5-2-1-3-6(8)4-5;6-4-1-3(7)2-5(8)9-4;1-4-3-5(2)7-6-4;1-3(5)4(2)6;1-2;;/h6-10,20H,1-5H3;5-9H,1-4H3,(H2,16,18);4-8H,1-3H3,(H2,16,18);4-8H,1-3H3,(H3,15,17,18);3-7H,1-2H3;4-6,12-13H,1-3H3;1-4H;1-2H,(H2,8,9);3H,1-2H3,(H,6,7);3H,1-2H3;2H,1H3;;/q;;;;;;;;;;;+1;-1. The third kappa shape index (κ3) is 40.9. The van der Waals surface area contributed by atoms with Gasteiger partial charge in [-0.1, -0.05) is 171 Å². The number of anilines is 4. The number of alkyl halides is 1. The van der Waals surface area contributed by atoms with Crippen molar-refractivity contribution in [3.8, 4) is 57.0 Å². The van der Waals surface area contributed by atoms with Gasteiger partial charge in [-0.15, -0.1) is 11.6 Å². The predicted molar refractivity (Wildman–Crippen MR) is 581 cm³/mol. The van der Waals surface area contributed by atoms with Gasteiger partial charge in [-0.2, -0.15) is 5.10 Å². The largest absolute Gasteiger partial charge is 1.00 e. The summed E-state index contributed by atoms with van der Waals surface area (Å²) in [5, 5.41) is 32.4. The Morgan fingerprint density at radius 3 is 1.35 bits per heavy atom. The maximum Gasteiger partial charge on any atom is 1.00 e. The smallest absolute Gasteiger partial charge is 1.00 e. The van der Waals surface area contributed by atoms with E-state index < -0.39 is 7.12 Å². The van der Waals surface area contributed by atoms with Crippen LogP contribution < -0.4 is 73.7 Å². The number of carbonyl (C=O) groups excluding carboxylic acids is 1. The number of Topliss-reactive ketones (excluding diaryl/α,β-unsaturated/α-hetero) is 1. The molecule has 35 heteroatoms. The summed E-state index contributed by atoms with van der Waals surface area (Å²) >= 11 is 29.1. The first-order chi connectivity index (χ1) is 63.4. The molecular formula is C102H126BBr3Cl3IN19NaO7. The minimum Gasteiger partial charge on any atom is -1.00 e. The van der Waals surface area contributed by atoms with Crippen LogP contribution in [0.1, 0.15) is 181 Å². The molecule has 1 atom stereocenters. The van der Waals surface area contributed by atoms with Gasteiger partial charge in [0.25, 0.3) is 0 Å². The molecule has 15 rings (SSSR count). The molecule has 0 spiro atoms. The molecular weight excluding hydrogens is 2110 g/mol. The van der Waals surface area contributed by atoms with Crippen LogP contribution in [0.2, 0.25) is 10.0 Å². The molecule has 0 aliphatic heterocycles. The van der Waals surface area contributed by atoms with E-state index in [4.69, 9.17) is 77.6 Å². The number of ether oxygens (including phenoxy) is 1. The van der Waals surface area contributed by atoms with Crippen LogP contribution in [0.3, 0.4) is 0 Å². The number of nitrogens with one attached hydrogen (secondary N) is 3. The zero-order valence-electron chi connectivity index (χ0n) is 83.7. The molecule has 724 valence electrons. The zero-order chi connectivity index (χ0) is 102. The quantitative estimate of drug-likeness (QED) is 0.0292. The van der Waals surface area contributed by atoms with E-state index in [0.717, 1.165) is 101 Å². The third-order valence-electron chi connectivity index (χ3n) is 19.7. The molecule has 26 nitrogen and oxygen atoms in total. The van der Waals surface area contributed by atoms with E-state index >= 15 is 0 Å². The monoisotopic (exact) mass is 2230 g/mol. The van der Waals surface area contributed by atoms with Crippen molar-refractivity contribution in [3.63, 3.8) is 0 Å². The van der Waals surface area contributed by atoms with Gasteiger partial charge >= 0.3 is 36.7 Å². The summed E-state index contributed by atoms with van der Waals surface area (Å²) in [6.07, 6.45) is 10.6. The molecule has 0 saturated heterocycles. The normalized spacial score (nSPS) is 11.0. The number of imidazole rings is 2. The number of benzene rings is 2. The summed E-state index contributed by atoms with van der Waals surface area (Å²) < 4.78 is 13.5. The second kappa shape index (κ2) is 55.2. The summed E-state index contributed by atoms with van der Waals surface area (Å²) in [6.45, 7) is 47.3. The van der Waals surface area contributed by atoms with Gasteiger partial charge in [-0.05, 0) is 276 Å². The number of aliphatic hydroxyl groups excluding tert-OH is 1. The van der Waals surface area contributed by atoms with Gasteiger partial charge in [-0.25, -0.2) is 19.9 Å². The Morgan fingerprint density at radius 1 is 0.511 bits per heavy atom. The summed E-state index contributed by atoms with van der Waals surface area (Å²) in [4.78, 5) is 77.7. The van der Waals surface area contributed by atoms with Crippen molar-refractivity contribution in [2.24, 2.45) is 0 Å². The van der Waals surface area contributed by atoms with E-state index in [0.29, 0.717) is 60.7 Å². The van der Waals surface area contributed by atoms with Crippen LogP contribution in [0.4, 0.5) is 23.3 Å². The van der Waals surface area contributed by atoms with Gasteiger partial charge in [0.2, 0.25) is 0 Å². The van der Waals surface area contributed by atoms with Gasteiger partial charge in [0, 0.05) is 126 Å². The molecule has 14 N–H and O–H groups in total. The average Bonchev–Trinajstić information content (AvgIpc) is 1.61. The van der Waals surface area contributed by atoms with E-state index in [1.165, 1.54) is 45.0 Å². The Bertz CT molecular complexity index is 6450. The minimum absolute atomic E-state index is 0. The van der Waals surface area contributed by atoms with E-state index in [-0.39, 0.29) is 80.1 Å². The molecule has 13 aromatic heterocycles. The van der Waals surface area contributed by atoms with E-state index in [2.05, 4.69) is 285 Å². The van der Waals surface area contributed by atoms with Crippen molar-refractivity contribution >= 4 is 153 Å². The molecule has 0 aliphatic carbocycles. The SMILES string of the molecule is Brc1cccc(I)c1.CC(=O)C(C)Cl.CC(C)(C)c1ccnc(-c2cc(=O)cc(N)[nH]2)c1.CC(C)(C)c1ccnc(-c2cc(Cl)cc(N)n2)c1.CC(C)(C)c1ccnc(B(O)O)c1.CO.COc1cc(N)nc(-c2cc(C(C)(C)C)ccn2)c1.Cc1[nH]c2cc(=O)cc(-c3cc(C(C)(C)C)ccn3)n2c1C.Cc1cc(C)[nH]n1.Cc1ncn(-c2cccc(Br)c2)c1C.Nc1cc(Cl)cc(Br)n1.[H-].[Na+]. The number of rotatable bonds is 8. The number of nitrogen functional groups attached to an aromatic ring is 4. The molecule has 0 radical (unpaired) electrons. The van der Waals surface area contributed by atoms with Crippen molar-refractivity contribution in [2.75, 3.05) is 37.2 Å². The number of nitrogens with zero attached hydrogens (tertiary/aromatic N) is 12. The van der Waals surface area contributed by atoms with Gasteiger partial charge < -0.3 is 58.8 Å². The predicted octanol–water partition coefficient (Wildman–Crippen LogP) is 20.0. The number of methoxy groups -OCH3 is 1. The van der Waals surface area contributed by atoms with Gasteiger partial charge in [-0.3, -0.25) is 48.8 Å². The number of fused-ring (bicyclic) bond motifs is 1. The summed E-state index contributed by atoms with van der Waals surface area (Å²) in [7, 11) is 1.12. The first kappa shape index (κ1) is 119. The number of pyridine rings is 10. The fraction of sp³-hybridized carbons (Fsp3) is 0.304. The van der Waals surface area contributed by atoms with Crippen molar-refractivity contribution < 1.29 is 55.7 Å². The number of carbonyl (C=O) groups is 1. The summed E-state index contributed by atoms with van der Waals surface area (Å²) in [5.74, 6) is 2.31. The van der Waals surface area contributed by atoms with E-state index in [1.807, 2.05) is 132 Å². The number of aryl methyl sites for hydroxylation is 5. The first-order valence-electron chi connectivity index (χ1n) is 42.9. The summed E-state index contributed by atoms with van der Waals surface area (Å²) in [5.41, 5.74) is 43.2. The number of aliphatic hydroxyl groups is 1. The number of halogens is 7. The first-order valence-corrected chi connectivity index (χ1v) is 47.5. The van der Waals surface area contributed by atoms with Crippen LogP contribution in [-0.2, 0) is 31.9 Å². The van der Waals surface area contributed by atoms with Gasteiger partial charge in [0.05, 0.1) is 81.3 Å². The number of hydrogen-bond acceptors (Lipinski definition) is 21. The number of hydrogen-bond donors (Lipinski definition) is 10. The molecule has 13 heterocycles. The Morgan fingerprint density at radius 2 is 0.949 bits per heavy atom. The Kier molecular flexibility index (Phi) is 48.2. The van der Waals surface area contributed by atoms with Crippen LogP contribution in [-0.4, -0.2) is 122 Å². The van der Waals surface area contributed by atoms with Gasteiger partial charge in [0.15, 0.2) is 10.9 Å². The van der Waals surface area contributed by atoms with Crippen molar-refractivity contribution in [3.05, 3.63) is 323 Å². The zero-order valence-corrected chi connectivity index (χ0v) is 93.8. The Labute approximate surface area is 882 Å². The molecule has 0 amide bonds. The Hall–Kier alpha value is -9.85. The molecule has 0 fully saturated rings. The molecule has 0 aliphatic rings. The molecule has 2 aromatic carbocycles. The van der Waals surface area contributed by atoms with Crippen LogP contribution in [0.15, 0.2) is 236 Å². The number of ketones is 1. The van der Waals surface area contributed by atoms with Crippen LogP contribution in [0, 0.1) is 45.1 Å².